The molecule has 0 amide bonds. The molecule has 0 aromatic heterocycles. The lowest BCUT2D eigenvalue weighted by Crippen LogP contribution is -2.30. The van der Waals surface area contributed by atoms with Gasteiger partial charge in [0.2, 0.25) is 10.0 Å². The van der Waals surface area contributed by atoms with Crippen molar-refractivity contribution in [2.24, 2.45) is 5.92 Å². The molecule has 0 radical (unpaired) electrons. The molecule has 0 heterocycles. The molecule has 160 valence electrons. The summed E-state index contributed by atoms with van der Waals surface area (Å²) < 4.78 is 79.3. The predicted molar refractivity (Wildman–Crippen MR) is 109 cm³/mol. The molecule has 2 rings (SSSR count). The highest BCUT2D eigenvalue weighted by atomic mass is 35.5. The lowest BCUT2D eigenvalue weighted by molar-refractivity contribution is 0.401. The Bertz CT molecular complexity index is 1070. The Morgan fingerprint density at radius 1 is 1.03 bits per heavy atom. The molecular weight excluding hydrogens is 444 g/mol. The van der Waals surface area contributed by atoms with Crippen LogP contribution in [0.25, 0.3) is 0 Å². The molecule has 0 aliphatic heterocycles. The first-order valence-corrected chi connectivity index (χ1v) is 12.5. The molecule has 2 aromatic carbocycles. The van der Waals surface area contributed by atoms with Gasteiger partial charge in [-0.05, 0) is 54.8 Å². The average molecular weight is 466 g/mol. The summed E-state index contributed by atoms with van der Waals surface area (Å²) in [5.74, 6) is -2.33. The van der Waals surface area contributed by atoms with Crippen LogP contribution in [0.2, 0.25) is 5.02 Å². The van der Waals surface area contributed by atoms with E-state index in [1.165, 1.54) is 31.3 Å². The molecule has 0 saturated carbocycles. The third-order valence-corrected chi connectivity index (χ3v) is 8.61. The minimum atomic E-state index is -4.13. The van der Waals surface area contributed by atoms with E-state index in [4.69, 9.17) is 11.6 Å². The molecule has 0 aliphatic rings. The zero-order valence-electron chi connectivity index (χ0n) is 16.1. The number of benzene rings is 2. The van der Waals surface area contributed by atoms with Gasteiger partial charge >= 0.3 is 0 Å². The van der Waals surface area contributed by atoms with Crippen LogP contribution in [-0.4, -0.2) is 41.0 Å². The third kappa shape index (κ3) is 5.75. The first-order valence-electron chi connectivity index (χ1n) is 8.69. The summed E-state index contributed by atoms with van der Waals surface area (Å²) in [5, 5.41) is -1.08. The second kappa shape index (κ2) is 9.07. The van der Waals surface area contributed by atoms with Crippen molar-refractivity contribution in [3.63, 3.8) is 0 Å². The first-order chi connectivity index (χ1) is 13.3. The molecule has 5 nitrogen and oxygen atoms in total. The van der Waals surface area contributed by atoms with Crippen LogP contribution in [0, 0.1) is 17.6 Å². The summed E-state index contributed by atoms with van der Waals surface area (Å²) in [7, 11) is -6.22. The fourth-order valence-corrected chi connectivity index (χ4v) is 5.62. The monoisotopic (exact) mass is 465 g/mol. The van der Waals surface area contributed by atoms with Crippen LogP contribution >= 0.6 is 11.6 Å². The largest absolute Gasteiger partial charge is 0.223 e. The quantitative estimate of drug-likeness (QED) is 0.589. The van der Waals surface area contributed by atoms with Gasteiger partial charge in [-0.1, -0.05) is 18.5 Å². The van der Waals surface area contributed by atoms with Gasteiger partial charge in [0.25, 0.3) is 0 Å². The Morgan fingerprint density at radius 3 is 2.17 bits per heavy atom. The van der Waals surface area contributed by atoms with Gasteiger partial charge in [-0.3, -0.25) is 0 Å². The fourth-order valence-electron chi connectivity index (χ4n) is 2.99. The minimum Gasteiger partial charge on any atom is -0.223 e. The first kappa shape index (κ1) is 23.7. The van der Waals surface area contributed by atoms with Crippen LogP contribution in [0.5, 0.6) is 0 Å². The molecule has 0 fully saturated rings. The van der Waals surface area contributed by atoms with Crippen molar-refractivity contribution in [3.05, 3.63) is 64.7 Å². The van der Waals surface area contributed by atoms with E-state index in [0.29, 0.717) is 5.02 Å². The van der Waals surface area contributed by atoms with Crippen LogP contribution in [0.4, 0.5) is 8.78 Å². The van der Waals surface area contributed by atoms with Crippen LogP contribution in [0.1, 0.15) is 24.2 Å². The highest BCUT2D eigenvalue weighted by Crippen LogP contribution is 2.38. The van der Waals surface area contributed by atoms with Gasteiger partial charge in [0.05, 0.1) is 16.4 Å². The van der Waals surface area contributed by atoms with E-state index < -0.39 is 42.7 Å². The number of halogens is 3. The number of hydrogen-bond acceptors (Lipinski definition) is 4. The minimum absolute atomic E-state index is 0.0313. The Kier molecular flexibility index (Phi) is 7.42. The van der Waals surface area contributed by atoms with Crippen molar-refractivity contribution >= 4 is 31.5 Å². The molecule has 2 aromatic rings. The Hall–Kier alpha value is -1.55. The van der Waals surface area contributed by atoms with Crippen molar-refractivity contribution in [2.75, 3.05) is 19.8 Å². The van der Waals surface area contributed by atoms with E-state index in [9.17, 15) is 25.6 Å². The number of nitrogens with zero attached hydrogens (tertiary/aromatic N) is 1. The maximum Gasteiger partial charge on any atom is 0.210 e. The second-order valence-corrected chi connectivity index (χ2v) is 11.5. The van der Waals surface area contributed by atoms with Gasteiger partial charge in [-0.2, -0.15) is 0 Å². The summed E-state index contributed by atoms with van der Waals surface area (Å²) in [6.07, 6.45) is 1.16. The van der Waals surface area contributed by atoms with E-state index in [-0.39, 0.29) is 23.4 Å². The van der Waals surface area contributed by atoms with E-state index in [1.54, 1.807) is 6.92 Å². The van der Waals surface area contributed by atoms with Crippen LogP contribution in [0.3, 0.4) is 0 Å². The van der Waals surface area contributed by atoms with Crippen LogP contribution < -0.4 is 0 Å². The van der Waals surface area contributed by atoms with Gasteiger partial charge in [0.15, 0.2) is 9.84 Å². The topological polar surface area (TPSA) is 71.5 Å². The molecule has 10 heteroatoms. The normalized spacial score (nSPS) is 14.7. The molecule has 0 N–H and O–H groups in total. The SMILES string of the molecule is CC(CCN(C)S(C)(=O)=O)C(c1cc(F)ccc1F)S(=O)(=O)c1ccc(Cl)cc1. The number of hydrogen-bond donors (Lipinski definition) is 0. The zero-order chi connectivity index (χ0) is 22.0. The van der Waals surface area contributed by atoms with Gasteiger partial charge in [-0.25, -0.2) is 29.9 Å². The van der Waals surface area contributed by atoms with E-state index >= 15 is 0 Å². The van der Waals surface area contributed by atoms with E-state index in [2.05, 4.69) is 0 Å². The maximum atomic E-state index is 14.5. The summed E-state index contributed by atoms with van der Waals surface area (Å²) in [6.45, 7) is 1.60. The van der Waals surface area contributed by atoms with Crippen LogP contribution in [-0.2, 0) is 19.9 Å². The molecule has 0 saturated heterocycles. The van der Waals surface area contributed by atoms with Crippen molar-refractivity contribution in [1.29, 1.82) is 0 Å². The van der Waals surface area contributed by atoms with E-state index in [1.807, 2.05) is 0 Å². The summed E-state index contributed by atoms with van der Waals surface area (Å²) >= 11 is 5.83. The third-order valence-electron chi connectivity index (χ3n) is 4.72. The van der Waals surface area contributed by atoms with Gasteiger partial charge in [0, 0.05) is 24.2 Å². The van der Waals surface area contributed by atoms with Gasteiger partial charge < -0.3 is 0 Å². The summed E-state index contributed by atoms with van der Waals surface area (Å²) in [6, 6.07) is 8.06. The standard InChI is InChI=1S/C19H22ClF2NO4S2/c1-13(10-11-23(2)28(3,24)25)19(17-12-15(21)6-9-18(17)22)29(26,27)16-7-4-14(20)5-8-16/h4-9,12-13,19H,10-11H2,1-3H3. The molecule has 2 atom stereocenters. The summed E-state index contributed by atoms with van der Waals surface area (Å²) in [4.78, 5) is -0.0844. The smallest absolute Gasteiger partial charge is 0.210 e. The van der Waals surface area contributed by atoms with Gasteiger partial charge in [0.1, 0.15) is 11.6 Å². The average Bonchev–Trinajstić information content (AvgIpc) is 2.62. The van der Waals surface area contributed by atoms with Crippen molar-refractivity contribution in [1.82, 2.24) is 4.31 Å². The van der Waals surface area contributed by atoms with Crippen molar-refractivity contribution in [3.8, 4) is 0 Å². The molecule has 2 unspecified atom stereocenters. The van der Waals surface area contributed by atoms with Crippen LogP contribution in [0.15, 0.2) is 47.4 Å². The lowest BCUT2D eigenvalue weighted by Gasteiger charge is -2.26. The summed E-state index contributed by atoms with van der Waals surface area (Å²) in [5.41, 5.74) is -0.297. The molecule has 0 spiro atoms. The number of rotatable bonds is 8. The molecule has 29 heavy (non-hydrogen) atoms. The Labute approximate surface area is 175 Å². The molecule has 0 aliphatic carbocycles. The van der Waals surface area contributed by atoms with E-state index in [0.717, 1.165) is 28.8 Å². The highest BCUT2D eigenvalue weighted by molar-refractivity contribution is 7.91. The van der Waals surface area contributed by atoms with Gasteiger partial charge in [-0.15, -0.1) is 0 Å². The Morgan fingerprint density at radius 2 is 1.62 bits per heavy atom. The lowest BCUT2D eigenvalue weighted by atomic mass is 9.97. The fraction of sp³-hybridized carbons (Fsp3) is 0.368. The zero-order valence-corrected chi connectivity index (χ0v) is 18.5. The highest BCUT2D eigenvalue weighted by Gasteiger charge is 2.36. The van der Waals surface area contributed by atoms with Crippen molar-refractivity contribution < 1.29 is 25.6 Å². The van der Waals surface area contributed by atoms with Crippen molar-refractivity contribution in [2.45, 2.75) is 23.5 Å². The predicted octanol–water partition coefficient (Wildman–Crippen LogP) is 4.05. The molecule has 0 bridgehead atoms. The molecular formula is C19H22ClF2NO4S2. The Balaban J connectivity index is 2.51. The number of sulfone groups is 1. The second-order valence-electron chi connectivity index (χ2n) is 6.94. The maximum absolute atomic E-state index is 14.5. The number of sulfonamides is 1.